The Labute approximate surface area is 294 Å². The number of rotatable bonds is 14. The van der Waals surface area contributed by atoms with Crippen LogP contribution in [0.5, 0.6) is 5.75 Å². The van der Waals surface area contributed by atoms with E-state index >= 15 is 0 Å². The number of nitrogens with zero attached hydrogens (tertiary/aromatic N) is 2. The average Bonchev–Trinajstić information content (AvgIpc) is 3.93. The molecule has 1 saturated heterocycles. The number of halogens is 1. The third-order valence-electron chi connectivity index (χ3n) is 10.3. The van der Waals surface area contributed by atoms with Crippen LogP contribution < -0.4 is 15.8 Å². The number of carbonyl (C=O) groups is 3. The van der Waals surface area contributed by atoms with Gasteiger partial charge in [0.25, 0.3) is 5.91 Å². The lowest BCUT2D eigenvalue weighted by atomic mass is 9.82. The van der Waals surface area contributed by atoms with Gasteiger partial charge in [-0.3, -0.25) is 14.4 Å². The minimum absolute atomic E-state index is 0.00285. The molecule has 1 saturated carbocycles. The Kier molecular flexibility index (Phi) is 11.0. The molecule has 3 aromatic rings. The van der Waals surface area contributed by atoms with Crippen LogP contribution in [0, 0.1) is 26.6 Å². The zero-order valence-corrected chi connectivity index (χ0v) is 29.5. The van der Waals surface area contributed by atoms with E-state index in [1.807, 2.05) is 9.80 Å². The van der Waals surface area contributed by atoms with Crippen LogP contribution >= 0.6 is 0 Å². The largest absolute Gasteiger partial charge is 0.493 e. The number of hydrogen-bond acceptors (Lipinski definition) is 5. The summed E-state index contributed by atoms with van der Waals surface area (Å²) in [4.78, 5) is 43.0. The number of nitrogens with one attached hydrogen (secondary N) is 1. The summed E-state index contributed by atoms with van der Waals surface area (Å²) in [6.45, 7) is 8.31. The normalized spacial score (nSPS) is 18.6. The SMILES string of the molecule is Cc1cc(C)c(C)c(OCCc2ccc(C3=C(C(=O)N(CCc4ccc(F)cc4)C4CC4)[C@H]4CN(C(=O)CCCC(N)=O)C[C@@H](C3)N4)cc2)c1. The van der Waals surface area contributed by atoms with Crippen molar-refractivity contribution in [2.75, 3.05) is 26.2 Å². The molecule has 2 bridgehead atoms. The van der Waals surface area contributed by atoms with Gasteiger partial charge < -0.3 is 25.6 Å². The summed E-state index contributed by atoms with van der Waals surface area (Å²) in [6.07, 6.45) is 4.78. The molecule has 264 valence electrons. The standard InChI is InChI=1S/C41H49FN4O4/c1-26-21-27(2)28(3)37(22-26)50-20-18-30-7-11-31(12-8-30)35-23-33-24-45(39(48)6-4-5-38(43)47)25-36(44-33)40(35)41(49)46(34-15-16-34)19-17-29-9-13-32(42)14-10-29/h7-14,21-22,33-34,36,44H,4-6,15-20,23-25H2,1-3H3,(H2,43,47)/t33-,36-/m1/s1. The van der Waals surface area contributed by atoms with Crippen molar-refractivity contribution in [3.05, 3.63) is 105 Å². The van der Waals surface area contributed by atoms with E-state index in [1.165, 1.54) is 23.3 Å². The predicted molar refractivity (Wildman–Crippen MR) is 193 cm³/mol. The van der Waals surface area contributed by atoms with E-state index in [9.17, 15) is 18.8 Å². The number of ether oxygens (including phenoxy) is 1. The topological polar surface area (TPSA) is 105 Å². The Morgan fingerprint density at radius 2 is 1.64 bits per heavy atom. The Morgan fingerprint density at radius 1 is 0.940 bits per heavy atom. The van der Waals surface area contributed by atoms with Crippen molar-refractivity contribution >= 4 is 23.3 Å². The molecule has 1 aliphatic carbocycles. The molecule has 2 aliphatic heterocycles. The highest BCUT2D eigenvalue weighted by atomic mass is 19.1. The summed E-state index contributed by atoms with van der Waals surface area (Å²) in [6, 6.07) is 19.1. The van der Waals surface area contributed by atoms with Crippen molar-refractivity contribution in [2.24, 2.45) is 5.73 Å². The van der Waals surface area contributed by atoms with Crippen molar-refractivity contribution in [3.63, 3.8) is 0 Å². The molecule has 2 fully saturated rings. The van der Waals surface area contributed by atoms with Crippen LogP contribution in [-0.2, 0) is 27.2 Å². The number of aryl methyl sites for hydroxylation is 2. The highest BCUT2D eigenvalue weighted by Crippen LogP contribution is 2.37. The minimum Gasteiger partial charge on any atom is -0.493 e. The molecule has 0 unspecified atom stereocenters. The van der Waals surface area contributed by atoms with Crippen molar-refractivity contribution < 1.29 is 23.5 Å². The lowest BCUT2D eigenvalue weighted by Gasteiger charge is -2.45. The summed E-state index contributed by atoms with van der Waals surface area (Å²) in [5.74, 6) is 0.225. The molecule has 0 radical (unpaired) electrons. The third kappa shape index (κ3) is 8.62. The predicted octanol–water partition coefficient (Wildman–Crippen LogP) is 5.59. The van der Waals surface area contributed by atoms with E-state index in [-0.39, 0.29) is 48.6 Å². The second-order valence-electron chi connectivity index (χ2n) is 14.2. The molecule has 3 aromatic carbocycles. The molecule has 8 nitrogen and oxygen atoms in total. The van der Waals surface area contributed by atoms with Gasteiger partial charge in [-0.2, -0.15) is 0 Å². The molecular formula is C41H49FN4O4. The number of benzene rings is 3. The van der Waals surface area contributed by atoms with Crippen LogP contribution in [0.2, 0.25) is 0 Å². The Balaban J connectivity index is 1.23. The molecule has 2 atom stereocenters. The van der Waals surface area contributed by atoms with E-state index in [0.29, 0.717) is 45.5 Å². The number of amides is 3. The average molecular weight is 681 g/mol. The lowest BCUT2D eigenvalue weighted by Crippen LogP contribution is -2.62. The fourth-order valence-corrected chi connectivity index (χ4v) is 7.34. The van der Waals surface area contributed by atoms with E-state index in [4.69, 9.17) is 10.5 Å². The van der Waals surface area contributed by atoms with Crippen molar-refractivity contribution in [1.29, 1.82) is 0 Å². The molecule has 3 N–H and O–H groups in total. The van der Waals surface area contributed by atoms with Gasteiger partial charge >= 0.3 is 0 Å². The fourth-order valence-electron chi connectivity index (χ4n) is 7.34. The van der Waals surface area contributed by atoms with Gasteiger partial charge in [0.05, 0.1) is 12.6 Å². The van der Waals surface area contributed by atoms with Gasteiger partial charge in [0.1, 0.15) is 11.6 Å². The number of nitrogens with two attached hydrogens (primary N) is 1. The zero-order valence-electron chi connectivity index (χ0n) is 29.5. The number of fused-ring (bicyclic) bond motifs is 2. The van der Waals surface area contributed by atoms with Crippen LogP contribution in [0.3, 0.4) is 0 Å². The first-order valence-corrected chi connectivity index (χ1v) is 18.0. The summed E-state index contributed by atoms with van der Waals surface area (Å²) >= 11 is 0. The second kappa shape index (κ2) is 15.6. The summed E-state index contributed by atoms with van der Waals surface area (Å²) in [5.41, 5.74) is 13.8. The number of hydrogen-bond donors (Lipinski definition) is 2. The molecule has 9 heteroatoms. The molecule has 2 heterocycles. The van der Waals surface area contributed by atoms with Crippen LogP contribution in [0.4, 0.5) is 4.39 Å². The first kappa shape index (κ1) is 35.3. The van der Waals surface area contributed by atoms with Gasteiger partial charge in [-0.05, 0) is 110 Å². The van der Waals surface area contributed by atoms with Crippen LogP contribution in [0.1, 0.15) is 71.9 Å². The molecule has 3 aliphatic rings. The summed E-state index contributed by atoms with van der Waals surface area (Å²) < 4.78 is 19.8. The second-order valence-corrected chi connectivity index (χ2v) is 14.2. The number of piperazine rings is 1. The van der Waals surface area contributed by atoms with Crippen molar-refractivity contribution in [1.82, 2.24) is 15.1 Å². The van der Waals surface area contributed by atoms with Gasteiger partial charge in [0.15, 0.2) is 0 Å². The lowest BCUT2D eigenvalue weighted by molar-refractivity contribution is -0.134. The molecule has 0 spiro atoms. The highest BCUT2D eigenvalue weighted by molar-refractivity contribution is 6.03. The van der Waals surface area contributed by atoms with E-state index < -0.39 is 5.91 Å². The highest BCUT2D eigenvalue weighted by Gasteiger charge is 2.43. The maximum Gasteiger partial charge on any atom is 0.252 e. The van der Waals surface area contributed by atoms with Crippen molar-refractivity contribution in [3.8, 4) is 5.75 Å². The maximum absolute atomic E-state index is 14.7. The van der Waals surface area contributed by atoms with Crippen LogP contribution in [-0.4, -0.2) is 71.9 Å². The first-order chi connectivity index (χ1) is 24.0. The Bertz CT molecular complexity index is 1750. The molecular weight excluding hydrogens is 631 g/mol. The zero-order chi connectivity index (χ0) is 35.4. The molecule has 3 amide bonds. The summed E-state index contributed by atoms with van der Waals surface area (Å²) in [7, 11) is 0. The smallest absolute Gasteiger partial charge is 0.252 e. The van der Waals surface area contributed by atoms with E-state index in [1.54, 1.807) is 12.1 Å². The third-order valence-corrected chi connectivity index (χ3v) is 10.3. The molecule has 50 heavy (non-hydrogen) atoms. The van der Waals surface area contributed by atoms with E-state index in [0.717, 1.165) is 58.4 Å². The van der Waals surface area contributed by atoms with E-state index in [2.05, 4.69) is 62.5 Å². The number of primary amides is 1. The fraction of sp³-hybridized carbons (Fsp3) is 0.439. The van der Waals surface area contributed by atoms with Gasteiger partial charge in [-0.25, -0.2) is 4.39 Å². The minimum atomic E-state index is -0.411. The monoisotopic (exact) mass is 680 g/mol. The van der Waals surface area contributed by atoms with Gasteiger partial charge in [-0.15, -0.1) is 0 Å². The van der Waals surface area contributed by atoms with Crippen LogP contribution in [0.25, 0.3) is 5.57 Å². The molecule has 6 rings (SSSR count). The Morgan fingerprint density at radius 3 is 2.34 bits per heavy atom. The van der Waals surface area contributed by atoms with Crippen LogP contribution in [0.15, 0.2) is 66.2 Å². The summed E-state index contributed by atoms with van der Waals surface area (Å²) in [5, 5.41) is 3.67. The quantitative estimate of drug-likeness (QED) is 0.231. The van der Waals surface area contributed by atoms with Crippen molar-refractivity contribution in [2.45, 2.75) is 90.3 Å². The number of carbonyl (C=O) groups excluding carboxylic acids is 3. The van der Waals surface area contributed by atoms with Gasteiger partial charge in [0.2, 0.25) is 11.8 Å². The maximum atomic E-state index is 14.7. The first-order valence-electron chi connectivity index (χ1n) is 18.0. The van der Waals surface area contributed by atoms with Gasteiger partial charge in [0, 0.05) is 56.6 Å². The Hall–Kier alpha value is -4.50. The van der Waals surface area contributed by atoms with Gasteiger partial charge in [-0.1, -0.05) is 42.5 Å². The molecule has 0 aromatic heterocycles.